The molecule has 0 bridgehead atoms. The van der Waals surface area contributed by atoms with E-state index in [4.69, 9.17) is 0 Å². The SMILES string of the molecule is Cc1ccc2c(c1)C(C)(F)CCNC2. The number of rotatable bonds is 0. The van der Waals surface area contributed by atoms with Crippen LogP contribution < -0.4 is 5.32 Å². The van der Waals surface area contributed by atoms with Gasteiger partial charge in [-0.05, 0) is 37.9 Å². The zero-order valence-electron chi connectivity index (χ0n) is 8.73. The molecule has 0 aliphatic carbocycles. The van der Waals surface area contributed by atoms with Crippen molar-refractivity contribution in [3.05, 3.63) is 34.9 Å². The molecule has 1 nitrogen and oxygen atoms in total. The molecule has 14 heavy (non-hydrogen) atoms. The van der Waals surface area contributed by atoms with Crippen molar-refractivity contribution in [2.75, 3.05) is 6.54 Å². The number of nitrogens with one attached hydrogen (secondary N) is 1. The minimum Gasteiger partial charge on any atom is -0.313 e. The van der Waals surface area contributed by atoms with Crippen LogP contribution in [-0.2, 0) is 12.2 Å². The Bertz CT molecular complexity index is 344. The molecule has 0 saturated heterocycles. The first-order valence-corrected chi connectivity index (χ1v) is 5.09. The predicted molar refractivity (Wildman–Crippen MR) is 56.0 cm³/mol. The largest absolute Gasteiger partial charge is 0.313 e. The third-order valence-corrected chi connectivity index (χ3v) is 2.91. The Morgan fingerprint density at radius 2 is 2.21 bits per heavy atom. The molecule has 0 spiro atoms. The molecule has 1 aromatic carbocycles. The average molecular weight is 193 g/mol. The zero-order chi connectivity index (χ0) is 10.2. The third kappa shape index (κ3) is 1.67. The van der Waals surface area contributed by atoms with Gasteiger partial charge in [0.2, 0.25) is 0 Å². The van der Waals surface area contributed by atoms with Crippen LogP contribution in [0.5, 0.6) is 0 Å². The number of hydrogen-bond acceptors (Lipinski definition) is 1. The number of hydrogen-bond donors (Lipinski definition) is 1. The summed E-state index contributed by atoms with van der Waals surface area (Å²) >= 11 is 0. The Hall–Kier alpha value is -0.890. The van der Waals surface area contributed by atoms with Crippen molar-refractivity contribution < 1.29 is 4.39 Å². The quantitative estimate of drug-likeness (QED) is 0.668. The van der Waals surface area contributed by atoms with Crippen molar-refractivity contribution in [3.63, 3.8) is 0 Å². The van der Waals surface area contributed by atoms with E-state index in [0.717, 1.165) is 29.8 Å². The summed E-state index contributed by atoms with van der Waals surface area (Å²) in [7, 11) is 0. The number of fused-ring (bicyclic) bond motifs is 1. The van der Waals surface area contributed by atoms with Crippen LogP contribution in [-0.4, -0.2) is 6.54 Å². The maximum atomic E-state index is 14.3. The second kappa shape index (κ2) is 3.35. The van der Waals surface area contributed by atoms with Crippen LogP contribution in [0.3, 0.4) is 0 Å². The fourth-order valence-electron chi connectivity index (χ4n) is 2.01. The molecular weight excluding hydrogens is 177 g/mol. The fraction of sp³-hybridized carbons (Fsp3) is 0.500. The first kappa shape index (κ1) is 9.66. The molecule has 1 aromatic rings. The molecule has 1 N–H and O–H groups in total. The second-order valence-electron chi connectivity index (χ2n) is 4.28. The highest BCUT2D eigenvalue weighted by atomic mass is 19.1. The van der Waals surface area contributed by atoms with Gasteiger partial charge in [0.1, 0.15) is 5.67 Å². The second-order valence-corrected chi connectivity index (χ2v) is 4.28. The maximum Gasteiger partial charge on any atom is 0.134 e. The highest BCUT2D eigenvalue weighted by Crippen LogP contribution is 2.33. The summed E-state index contributed by atoms with van der Waals surface area (Å²) < 4.78 is 14.3. The van der Waals surface area contributed by atoms with Gasteiger partial charge < -0.3 is 5.32 Å². The van der Waals surface area contributed by atoms with Gasteiger partial charge in [-0.25, -0.2) is 4.39 Å². The van der Waals surface area contributed by atoms with Crippen molar-refractivity contribution in [3.8, 4) is 0 Å². The summed E-state index contributed by atoms with van der Waals surface area (Å²) in [6.45, 7) is 5.23. The Kier molecular flexibility index (Phi) is 2.31. The summed E-state index contributed by atoms with van der Waals surface area (Å²) in [4.78, 5) is 0. The molecule has 1 aliphatic heterocycles. The van der Waals surface area contributed by atoms with E-state index in [-0.39, 0.29) is 0 Å². The van der Waals surface area contributed by atoms with Crippen molar-refractivity contribution in [1.29, 1.82) is 0 Å². The number of alkyl halides is 1. The molecular formula is C12H16FN. The Morgan fingerprint density at radius 3 is 3.00 bits per heavy atom. The lowest BCUT2D eigenvalue weighted by molar-refractivity contribution is 0.180. The van der Waals surface area contributed by atoms with Gasteiger partial charge in [-0.2, -0.15) is 0 Å². The van der Waals surface area contributed by atoms with Crippen LogP contribution in [0, 0.1) is 6.92 Å². The van der Waals surface area contributed by atoms with Gasteiger partial charge in [-0.1, -0.05) is 23.8 Å². The van der Waals surface area contributed by atoms with E-state index in [1.54, 1.807) is 6.92 Å². The van der Waals surface area contributed by atoms with E-state index in [1.165, 1.54) is 0 Å². The van der Waals surface area contributed by atoms with E-state index in [0.29, 0.717) is 6.42 Å². The lowest BCUT2D eigenvalue weighted by atomic mass is 9.90. The third-order valence-electron chi connectivity index (χ3n) is 2.91. The molecule has 2 heteroatoms. The Labute approximate surface area is 84.3 Å². The van der Waals surface area contributed by atoms with Gasteiger partial charge in [0.15, 0.2) is 0 Å². The molecule has 0 aromatic heterocycles. The molecule has 1 heterocycles. The van der Waals surface area contributed by atoms with Crippen molar-refractivity contribution >= 4 is 0 Å². The number of benzene rings is 1. The average Bonchev–Trinajstić information content (AvgIpc) is 2.26. The van der Waals surface area contributed by atoms with Crippen molar-refractivity contribution in [1.82, 2.24) is 5.32 Å². The van der Waals surface area contributed by atoms with Gasteiger partial charge in [0.25, 0.3) is 0 Å². The van der Waals surface area contributed by atoms with Crippen LogP contribution in [0.4, 0.5) is 4.39 Å². The minimum absolute atomic E-state index is 0.559. The molecule has 1 atom stereocenters. The summed E-state index contributed by atoms with van der Waals surface area (Å²) in [5.41, 5.74) is 1.92. The summed E-state index contributed by atoms with van der Waals surface area (Å²) in [6, 6.07) is 6.05. The van der Waals surface area contributed by atoms with Gasteiger partial charge in [0.05, 0.1) is 0 Å². The smallest absolute Gasteiger partial charge is 0.134 e. The molecule has 1 aliphatic rings. The normalized spacial score (nSPS) is 26.8. The zero-order valence-corrected chi connectivity index (χ0v) is 8.73. The Balaban J connectivity index is 2.52. The first-order valence-electron chi connectivity index (χ1n) is 5.09. The molecule has 0 fully saturated rings. The van der Waals surface area contributed by atoms with Crippen LogP contribution in [0.15, 0.2) is 18.2 Å². The standard InChI is InChI=1S/C12H16FN/c1-9-3-4-10-8-14-6-5-12(2,13)11(10)7-9/h3-4,7,14H,5-6,8H2,1-2H3. The van der Waals surface area contributed by atoms with Gasteiger partial charge >= 0.3 is 0 Å². The highest BCUT2D eigenvalue weighted by Gasteiger charge is 2.29. The van der Waals surface area contributed by atoms with E-state index >= 15 is 0 Å². The first-order chi connectivity index (χ1) is 6.59. The predicted octanol–water partition coefficient (Wildman–Crippen LogP) is 2.67. The molecule has 0 radical (unpaired) electrons. The summed E-state index contributed by atoms with van der Waals surface area (Å²) in [5.74, 6) is 0. The topological polar surface area (TPSA) is 12.0 Å². The van der Waals surface area contributed by atoms with E-state index in [2.05, 4.69) is 5.32 Å². The molecule has 1 unspecified atom stereocenters. The minimum atomic E-state index is -1.18. The fourth-order valence-corrected chi connectivity index (χ4v) is 2.01. The summed E-state index contributed by atoms with van der Waals surface area (Å²) in [5, 5.41) is 3.24. The van der Waals surface area contributed by atoms with Crippen molar-refractivity contribution in [2.24, 2.45) is 0 Å². The van der Waals surface area contributed by atoms with Crippen LogP contribution in [0.25, 0.3) is 0 Å². The van der Waals surface area contributed by atoms with E-state index in [9.17, 15) is 4.39 Å². The van der Waals surface area contributed by atoms with Crippen LogP contribution >= 0.6 is 0 Å². The molecule has 0 saturated carbocycles. The number of halogens is 1. The highest BCUT2D eigenvalue weighted by molar-refractivity contribution is 5.36. The summed E-state index contributed by atoms with van der Waals surface area (Å²) in [6.07, 6.45) is 0.559. The number of aryl methyl sites for hydroxylation is 1. The van der Waals surface area contributed by atoms with Crippen molar-refractivity contribution in [2.45, 2.75) is 32.5 Å². The Morgan fingerprint density at radius 1 is 1.43 bits per heavy atom. The van der Waals surface area contributed by atoms with Crippen LogP contribution in [0.2, 0.25) is 0 Å². The van der Waals surface area contributed by atoms with E-state index < -0.39 is 5.67 Å². The van der Waals surface area contributed by atoms with Crippen LogP contribution in [0.1, 0.15) is 30.0 Å². The van der Waals surface area contributed by atoms with Gasteiger partial charge in [-0.15, -0.1) is 0 Å². The lowest BCUT2D eigenvalue weighted by Gasteiger charge is -2.20. The maximum absolute atomic E-state index is 14.3. The van der Waals surface area contributed by atoms with Gasteiger partial charge in [0, 0.05) is 6.54 Å². The van der Waals surface area contributed by atoms with E-state index in [1.807, 2.05) is 25.1 Å². The molecule has 2 rings (SSSR count). The molecule has 76 valence electrons. The molecule has 0 amide bonds. The van der Waals surface area contributed by atoms with Gasteiger partial charge in [-0.3, -0.25) is 0 Å². The lowest BCUT2D eigenvalue weighted by Crippen LogP contribution is -2.18. The monoisotopic (exact) mass is 193 g/mol.